The van der Waals surface area contributed by atoms with E-state index in [4.69, 9.17) is 11.6 Å². The number of hydrogen-bond acceptors (Lipinski definition) is 4. The van der Waals surface area contributed by atoms with Gasteiger partial charge in [-0.25, -0.2) is 9.97 Å². The first-order chi connectivity index (χ1) is 6.68. The molecule has 0 radical (unpaired) electrons. The summed E-state index contributed by atoms with van der Waals surface area (Å²) in [4.78, 5) is 9.26. The fourth-order valence-electron chi connectivity index (χ4n) is 1.22. The van der Waals surface area contributed by atoms with E-state index in [-0.39, 0.29) is 0 Å². The lowest BCUT2D eigenvalue weighted by Gasteiger charge is -2.09. The summed E-state index contributed by atoms with van der Waals surface area (Å²) in [6.45, 7) is 4.13. The fraction of sp³-hybridized carbons (Fsp3) is 0.333. The Morgan fingerprint density at radius 1 is 1.43 bits per heavy atom. The molecule has 0 atom stereocenters. The van der Waals surface area contributed by atoms with Crippen molar-refractivity contribution in [3.8, 4) is 0 Å². The van der Waals surface area contributed by atoms with Gasteiger partial charge in [0, 0.05) is 11.4 Å². The average Bonchev–Trinajstić information content (AvgIpc) is 2.48. The molecule has 0 aliphatic carbocycles. The van der Waals surface area contributed by atoms with Crippen molar-refractivity contribution in [2.75, 3.05) is 5.32 Å². The Hall–Kier alpha value is -0.870. The summed E-state index contributed by atoms with van der Waals surface area (Å²) in [6.07, 6.45) is 1.56. The number of nitrogens with zero attached hydrogens (tertiary/aromatic N) is 2. The molecular weight excluding hydrogens is 218 g/mol. The Balaban J connectivity index is 2.57. The maximum Gasteiger partial charge on any atom is 0.139 e. The van der Waals surface area contributed by atoms with Crippen LogP contribution in [-0.4, -0.2) is 16.0 Å². The van der Waals surface area contributed by atoms with Crippen molar-refractivity contribution in [3.05, 3.63) is 16.7 Å². The van der Waals surface area contributed by atoms with E-state index in [1.165, 1.54) is 11.3 Å². The lowest BCUT2D eigenvalue weighted by atomic mass is 10.3. The number of anilines is 1. The van der Waals surface area contributed by atoms with Crippen LogP contribution in [0, 0.1) is 0 Å². The van der Waals surface area contributed by atoms with Crippen LogP contribution in [-0.2, 0) is 0 Å². The number of rotatable bonds is 2. The third-order valence-corrected chi connectivity index (χ3v) is 3.06. The predicted molar refractivity (Wildman–Crippen MR) is 61.2 cm³/mol. The third-order valence-electron chi connectivity index (χ3n) is 1.75. The van der Waals surface area contributed by atoms with E-state index in [1.807, 2.05) is 5.38 Å². The molecule has 0 spiro atoms. The van der Waals surface area contributed by atoms with Crippen LogP contribution in [0.5, 0.6) is 0 Å². The molecule has 0 saturated carbocycles. The molecule has 0 bridgehead atoms. The monoisotopic (exact) mass is 227 g/mol. The van der Waals surface area contributed by atoms with Gasteiger partial charge in [0.2, 0.25) is 0 Å². The van der Waals surface area contributed by atoms with E-state index in [0.717, 1.165) is 16.0 Å². The highest BCUT2D eigenvalue weighted by molar-refractivity contribution is 7.17. The zero-order chi connectivity index (χ0) is 10.1. The standard InChI is InChI=1S/C9H10ClN3S/c1-5(2)13-8-7-6(10)3-14-9(7)12-4-11-8/h3-5H,1-2H3,(H,11,12,13). The van der Waals surface area contributed by atoms with Gasteiger partial charge in [0.1, 0.15) is 17.0 Å². The highest BCUT2D eigenvalue weighted by atomic mass is 35.5. The highest BCUT2D eigenvalue weighted by Gasteiger charge is 2.09. The van der Waals surface area contributed by atoms with Gasteiger partial charge < -0.3 is 5.32 Å². The van der Waals surface area contributed by atoms with Gasteiger partial charge in [-0.2, -0.15) is 0 Å². The van der Waals surface area contributed by atoms with E-state index in [9.17, 15) is 0 Å². The molecule has 2 aromatic rings. The molecule has 0 unspecified atom stereocenters. The topological polar surface area (TPSA) is 37.8 Å². The van der Waals surface area contributed by atoms with Gasteiger partial charge in [-0.3, -0.25) is 0 Å². The molecule has 2 aromatic heterocycles. The molecule has 3 nitrogen and oxygen atoms in total. The summed E-state index contributed by atoms with van der Waals surface area (Å²) in [5.41, 5.74) is 0. The Morgan fingerprint density at radius 2 is 2.21 bits per heavy atom. The summed E-state index contributed by atoms with van der Waals surface area (Å²) < 4.78 is 0. The van der Waals surface area contributed by atoms with E-state index in [1.54, 1.807) is 6.33 Å². The quantitative estimate of drug-likeness (QED) is 0.857. The summed E-state index contributed by atoms with van der Waals surface area (Å²) in [6, 6.07) is 0.337. The molecule has 0 aliphatic heterocycles. The van der Waals surface area contributed by atoms with Crippen molar-refractivity contribution in [2.24, 2.45) is 0 Å². The summed E-state index contributed by atoms with van der Waals surface area (Å²) in [5.74, 6) is 0.816. The number of aromatic nitrogens is 2. The molecule has 14 heavy (non-hydrogen) atoms. The van der Waals surface area contributed by atoms with Gasteiger partial charge in [0.05, 0.1) is 10.4 Å². The second-order valence-electron chi connectivity index (χ2n) is 3.29. The zero-order valence-corrected chi connectivity index (χ0v) is 9.49. The number of halogens is 1. The van der Waals surface area contributed by atoms with Crippen molar-refractivity contribution < 1.29 is 0 Å². The van der Waals surface area contributed by atoms with Crippen LogP contribution in [0.1, 0.15) is 13.8 Å². The number of nitrogens with one attached hydrogen (secondary N) is 1. The van der Waals surface area contributed by atoms with Crippen LogP contribution >= 0.6 is 22.9 Å². The van der Waals surface area contributed by atoms with Crippen LogP contribution in [0.3, 0.4) is 0 Å². The summed E-state index contributed by atoms with van der Waals surface area (Å²) in [7, 11) is 0. The van der Waals surface area contributed by atoms with E-state index in [2.05, 4.69) is 29.1 Å². The fourth-order valence-corrected chi connectivity index (χ4v) is 2.36. The predicted octanol–water partition coefficient (Wildman–Crippen LogP) is 3.17. The SMILES string of the molecule is CC(C)Nc1ncnc2scc(Cl)c12. The smallest absolute Gasteiger partial charge is 0.139 e. The summed E-state index contributed by atoms with van der Waals surface area (Å²) >= 11 is 7.58. The van der Waals surface area contributed by atoms with Gasteiger partial charge in [-0.05, 0) is 13.8 Å². The van der Waals surface area contributed by atoms with Gasteiger partial charge in [0.15, 0.2) is 0 Å². The number of thiophene rings is 1. The van der Waals surface area contributed by atoms with Gasteiger partial charge >= 0.3 is 0 Å². The largest absolute Gasteiger partial charge is 0.367 e. The van der Waals surface area contributed by atoms with Gasteiger partial charge in [-0.15, -0.1) is 11.3 Å². The molecule has 74 valence electrons. The lowest BCUT2D eigenvalue weighted by molar-refractivity contribution is 0.890. The maximum atomic E-state index is 6.05. The molecule has 0 fully saturated rings. The molecular formula is C9H10ClN3S. The minimum absolute atomic E-state index is 0.337. The molecule has 2 heterocycles. The molecule has 1 N–H and O–H groups in total. The maximum absolute atomic E-state index is 6.05. The number of hydrogen-bond donors (Lipinski definition) is 1. The first kappa shape index (κ1) is 9.68. The van der Waals surface area contributed by atoms with Crippen LogP contribution in [0.25, 0.3) is 10.2 Å². The van der Waals surface area contributed by atoms with Crippen LogP contribution < -0.4 is 5.32 Å². The molecule has 2 rings (SSSR count). The van der Waals surface area contributed by atoms with Crippen LogP contribution in [0.4, 0.5) is 5.82 Å². The van der Waals surface area contributed by atoms with Gasteiger partial charge in [-0.1, -0.05) is 11.6 Å². The van der Waals surface area contributed by atoms with E-state index < -0.39 is 0 Å². The van der Waals surface area contributed by atoms with Crippen molar-refractivity contribution in [1.29, 1.82) is 0 Å². The molecule has 0 aromatic carbocycles. The Labute approximate surface area is 91.1 Å². The van der Waals surface area contributed by atoms with Crippen molar-refractivity contribution in [1.82, 2.24) is 9.97 Å². The van der Waals surface area contributed by atoms with Gasteiger partial charge in [0.25, 0.3) is 0 Å². The molecule has 0 aliphatic rings. The van der Waals surface area contributed by atoms with Crippen molar-refractivity contribution >= 4 is 39.0 Å². The second kappa shape index (κ2) is 3.71. The number of fused-ring (bicyclic) bond motifs is 1. The average molecular weight is 228 g/mol. The van der Waals surface area contributed by atoms with Crippen molar-refractivity contribution in [3.63, 3.8) is 0 Å². The Bertz CT molecular complexity index is 452. The minimum atomic E-state index is 0.337. The first-order valence-corrected chi connectivity index (χ1v) is 5.58. The van der Waals surface area contributed by atoms with E-state index in [0.29, 0.717) is 11.1 Å². The lowest BCUT2D eigenvalue weighted by Crippen LogP contribution is -2.11. The Kier molecular flexibility index (Phi) is 2.56. The Morgan fingerprint density at radius 3 is 2.93 bits per heavy atom. The minimum Gasteiger partial charge on any atom is -0.367 e. The normalized spacial score (nSPS) is 11.1. The highest BCUT2D eigenvalue weighted by Crippen LogP contribution is 2.32. The zero-order valence-electron chi connectivity index (χ0n) is 7.91. The molecule has 5 heteroatoms. The van der Waals surface area contributed by atoms with Crippen LogP contribution in [0.15, 0.2) is 11.7 Å². The van der Waals surface area contributed by atoms with Crippen LogP contribution in [0.2, 0.25) is 5.02 Å². The third kappa shape index (κ3) is 1.67. The summed E-state index contributed by atoms with van der Waals surface area (Å²) in [5, 5.41) is 6.77. The van der Waals surface area contributed by atoms with Crippen molar-refractivity contribution in [2.45, 2.75) is 19.9 Å². The molecule has 0 amide bonds. The first-order valence-electron chi connectivity index (χ1n) is 4.32. The molecule has 0 saturated heterocycles. The second-order valence-corrected chi connectivity index (χ2v) is 4.55. The van der Waals surface area contributed by atoms with E-state index >= 15 is 0 Å².